The van der Waals surface area contributed by atoms with Crippen LogP contribution < -0.4 is 10.6 Å². The molecule has 0 radical (unpaired) electrons. The monoisotopic (exact) mass is 372 g/mol. The molecular weight excluding hydrogens is 348 g/mol. The van der Waals surface area contributed by atoms with Gasteiger partial charge in [0.25, 0.3) is 0 Å². The van der Waals surface area contributed by atoms with Gasteiger partial charge in [-0.1, -0.05) is 12.1 Å². The van der Waals surface area contributed by atoms with Gasteiger partial charge in [-0.15, -0.1) is 12.4 Å². The number of hydrogen-bond acceptors (Lipinski definition) is 4. The maximum Gasteiger partial charge on any atom is 0.245 e. The normalized spacial score (nSPS) is 19.7. The van der Waals surface area contributed by atoms with Crippen LogP contribution in [0.3, 0.4) is 0 Å². The molecule has 0 bridgehead atoms. The molecule has 5 nitrogen and oxygen atoms in total. The molecule has 0 unspecified atom stereocenters. The van der Waals surface area contributed by atoms with Crippen molar-refractivity contribution < 1.29 is 13.2 Å². The zero-order valence-corrected chi connectivity index (χ0v) is 15.6. The Morgan fingerprint density at radius 1 is 1.17 bits per heavy atom. The SMILES string of the molecule is CS(=O)(=O)C1(C(=O)Nc2cccc3c2CCCC3)CCNCC1.Cl. The lowest BCUT2D eigenvalue weighted by molar-refractivity contribution is -0.119. The van der Waals surface area contributed by atoms with Crippen LogP contribution in [0.15, 0.2) is 18.2 Å². The number of carbonyl (C=O) groups is 1. The molecule has 0 atom stereocenters. The molecule has 1 fully saturated rings. The summed E-state index contributed by atoms with van der Waals surface area (Å²) in [6, 6.07) is 5.93. The minimum absolute atomic E-state index is 0. The third kappa shape index (κ3) is 3.46. The van der Waals surface area contributed by atoms with E-state index in [9.17, 15) is 13.2 Å². The summed E-state index contributed by atoms with van der Waals surface area (Å²) in [5.74, 6) is -0.375. The van der Waals surface area contributed by atoms with Gasteiger partial charge in [-0.2, -0.15) is 0 Å². The van der Waals surface area contributed by atoms with Crippen molar-refractivity contribution in [3.8, 4) is 0 Å². The number of sulfone groups is 1. The smallest absolute Gasteiger partial charge is 0.245 e. The van der Waals surface area contributed by atoms with Crippen LogP contribution in [0.25, 0.3) is 0 Å². The number of fused-ring (bicyclic) bond motifs is 1. The van der Waals surface area contributed by atoms with Gasteiger partial charge in [-0.05, 0) is 68.8 Å². The summed E-state index contributed by atoms with van der Waals surface area (Å²) in [6.07, 6.45) is 6.08. The van der Waals surface area contributed by atoms with E-state index < -0.39 is 14.6 Å². The Bertz CT molecular complexity index is 713. The molecule has 134 valence electrons. The summed E-state index contributed by atoms with van der Waals surface area (Å²) in [7, 11) is -3.48. The summed E-state index contributed by atoms with van der Waals surface area (Å²) in [5, 5.41) is 6.08. The van der Waals surface area contributed by atoms with Gasteiger partial charge in [0.05, 0.1) is 0 Å². The number of anilines is 1. The molecule has 1 saturated heterocycles. The number of amides is 1. The van der Waals surface area contributed by atoms with Gasteiger partial charge in [-0.3, -0.25) is 4.79 Å². The minimum Gasteiger partial charge on any atom is -0.324 e. The van der Waals surface area contributed by atoms with Crippen LogP contribution in [0.1, 0.15) is 36.8 Å². The number of halogens is 1. The number of aryl methyl sites for hydroxylation is 1. The predicted molar refractivity (Wildman–Crippen MR) is 98.6 cm³/mol. The molecule has 0 saturated carbocycles. The fourth-order valence-corrected chi connectivity index (χ4v) is 5.07. The summed E-state index contributed by atoms with van der Waals surface area (Å²) >= 11 is 0. The average molecular weight is 373 g/mol. The maximum absolute atomic E-state index is 12.9. The largest absolute Gasteiger partial charge is 0.324 e. The third-order valence-corrected chi connectivity index (χ3v) is 7.19. The molecule has 1 heterocycles. The summed E-state index contributed by atoms with van der Waals surface area (Å²) in [4.78, 5) is 12.9. The highest BCUT2D eigenvalue weighted by Crippen LogP contribution is 2.32. The molecule has 24 heavy (non-hydrogen) atoms. The molecule has 1 aliphatic heterocycles. The van der Waals surface area contributed by atoms with Gasteiger partial charge < -0.3 is 10.6 Å². The molecule has 0 spiro atoms. The van der Waals surface area contributed by atoms with Crippen LogP contribution in [0.5, 0.6) is 0 Å². The Kier molecular flexibility index (Phi) is 5.94. The van der Waals surface area contributed by atoms with Gasteiger partial charge in [-0.25, -0.2) is 8.42 Å². The number of piperidine rings is 1. The van der Waals surface area contributed by atoms with E-state index in [0.717, 1.165) is 24.9 Å². The van der Waals surface area contributed by atoms with E-state index in [0.29, 0.717) is 25.9 Å². The van der Waals surface area contributed by atoms with Crippen LogP contribution in [0, 0.1) is 0 Å². The van der Waals surface area contributed by atoms with E-state index in [1.54, 1.807) is 0 Å². The quantitative estimate of drug-likeness (QED) is 0.851. The zero-order valence-electron chi connectivity index (χ0n) is 13.9. The Labute approximate surface area is 149 Å². The first kappa shape index (κ1) is 19.2. The van der Waals surface area contributed by atoms with Crippen LogP contribution in [-0.2, 0) is 27.5 Å². The summed E-state index contributed by atoms with van der Waals surface area (Å²) in [6.45, 7) is 1.10. The number of nitrogens with one attached hydrogen (secondary N) is 2. The Morgan fingerprint density at radius 3 is 2.50 bits per heavy atom. The molecular formula is C17H25ClN2O3S. The fraction of sp³-hybridized carbons (Fsp3) is 0.588. The first-order valence-electron chi connectivity index (χ1n) is 8.27. The van der Waals surface area contributed by atoms with Crippen molar-refractivity contribution in [1.82, 2.24) is 5.32 Å². The van der Waals surface area contributed by atoms with E-state index in [4.69, 9.17) is 0 Å². The van der Waals surface area contributed by atoms with Crippen LogP contribution >= 0.6 is 12.4 Å². The molecule has 1 amide bonds. The average Bonchev–Trinajstić information content (AvgIpc) is 2.55. The summed E-state index contributed by atoms with van der Waals surface area (Å²) < 4.78 is 23.4. The Balaban J connectivity index is 0.00000208. The van der Waals surface area contributed by atoms with Crippen molar-refractivity contribution in [2.45, 2.75) is 43.3 Å². The second-order valence-electron chi connectivity index (χ2n) is 6.62. The van der Waals surface area contributed by atoms with Crippen LogP contribution in [0.4, 0.5) is 5.69 Å². The van der Waals surface area contributed by atoms with Crippen molar-refractivity contribution in [3.05, 3.63) is 29.3 Å². The third-order valence-electron chi connectivity index (χ3n) is 5.18. The summed E-state index contributed by atoms with van der Waals surface area (Å²) in [5.41, 5.74) is 3.23. The molecule has 0 aromatic heterocycles. The molecule has 1 aliphatic carbocycles. The molecule has 1 aromatic rings. The lowest BCUT2D eigenvalue weighted by Gasteiger charge is -2.34. The second-order valence-corrected chi connectivity index (χ2v) is 8.95. The van der Waals surface area contributed by atoms with E-state index >= 15 is 0 Å². The van der Waals surface area contributed by atoms with Crippen molar-refractivity contribution >= 4 is 33.8 Å². The van der Waals surface area contributed by atoms with Crippen molar-refractivity contribution in [3.63, 3.8) is 0 Å². The highest BCUT2D eigenvalue weighted by molar-refractivity contribution is 7.92. The zero-order chi connectivity index (χ0) is 16.5. The maximum atomic E-state index is 12.9. The van der Waals surface area contributed by atoms with Gasteiger partial charge in [0.1, 0.15) is 0 Å². The van der Waals surface area contributed by atoms with Crippen LogP contribution in [0.2, 0.25) is 0 Å². The topological polar surface area (TPSA) is 75.3 Å². The first-order valence-corrected chi connectivity index (χ1v) is 10.2. The molecule has 3 rings (SSSR count). The predicted octanol–water partition coefficient (Wildman–Crippen LogP) is 2.09. The van der Waals surface area contributed by atoms with Gasteiger partial charge in [0.15, 0.2) is 14.6 Å². The number of carbonyl (C=O) groups excluding carboxylic acids is 1. The van der Waals surface area contributed by atoms with Gasteiger partial charge in [0, 0.05) is 11.9 Å². The van der Waals surface area contributed by atoms with E-state index in [2.05, 4.69) is 16.7 Å². The number of benzene rings is 1. The lowest BCUT2D eigenvalue weighted by atomic mass is 9.90. The molecule has 7 heteroatoms. The van der Waals surface area contributed by atoms with Gasteiger partial charge in [0.2, 0.25) is 5.91 Å². The van der Waals surface area contributed by atoms with E-state index in [1.807, 2.05) is 12.1 Å². The van der Waals surface area contributed by atoms with Crippen molar-refractivity contribution in [2.24, 2.45) is 0 Å². The Hall–Kier alpha value is -1.11. The first-order chi connectivity index (χ1) is 10.9. The highest BCUT2D eigenvalue weighted by atomic mass is 35.5. The minimum atomic E-state index is -3.48. The van der Waals surface area contributed by atoms with Crippen LogP contribution in [-0.4, -0.2) is 38.4 Å². The standard InChI is InChI=1S/C17H24N2O3S.ClH/c1-23(21,22)17(9-11-18-12-10-17)16(20)19-15-8-4-6-13-5-2-3-7-14(13)15;/h4,6,8,18H,2-3,5,7,9-12H2,1H3,(H,19,20);1H. The Morgan fingerprint density at radius 2 is 1.83 bits per heavy atom. The number of hydrogen-bond donors (Lipinski definition) is 2. The van der Waals surface area contributed by atoms with Crippen molar-refractivity contribution in [1.29, 1.82) is 0 Å². The number of rotatable bonds is 3. The van der Waals surface area contributed by atoms with E-state index in [-0.39, 0.29) is 18.3 Å². The van der Waals surface area contributed by atoms with E-state index in [1.165, 1.54) is 23.8 Å². The van der Waals surface area contributed by atoms with Gasteiger partial charge >= 0.3 is 0 Å². The van der Waals surface area contributed by atoms with Crippen molar-refractivity contribution in [2.75, 3.05) is 24.7 Å². The fourth-order valence-electron chi connectivity index (χ4n) is 3.73. The lowest BCUT2D eigenvalue weighted by Crippen LogP contribution is -2.55. The molecule has 2 aliphatic rings. The second kappa shape index (κ2) is 7.42. The molecule has 2 N–H and O–H groups in total. The highest BCUT2D eigenvalue weighted by Gasteiger charge is 2.48. The molecule has 1 aromatic carbocycles.